The van der Waals surface area contributed by atoms with Crippen LogP contribution in [0, 0.1) is 0 Å². The summed E-state index contributed by atoms with van der Waals surface area (Å²) < 4.78 is 0.913. The van der Waals surface area contributed by atoms with Crippen molar-refractivity contribution in [3.63, 3.8) is 0 Å². The minimum absolute atomic E-state index is 0.640. The number of aromatic nitrogens is 1. The zero-order chi connectivity index (χ0) is 13.0. The van der Waals surface area contributed by atoms with Gasteiger partial charge in [-0.15, -0.1) is 0 Å². The van der Waals surface area contributed by atoms with Crippen molar-refractivity contribution in [2.75, 3.05) is 13.1 Å². The zero-order valence-electron chi connectivity index (χ0n) is 11.2. The Balaban J connectivity index is 1.75. The molecule has 0 aromatic carbocycles. The molecule has 0 spiro atoms. The third-order valence-electron chi connectivity index (χ3n) is 3.60. The quantitative estimate of drug-likeness (QED) is 0.867. The highest BCUT2D eigenvalue weighted by atomic mass is 79.9. The van der Waals surface area contributed by atoms with Gasteiger partial charge in [-0.1, -0.05) is 6.07 Å². The van der Waals surface area contributed by atoms with Gasteiger partial charge in [-0.05, 0) is 67.8 Å². The fourth-order valence-corrected chi connectivity index (χ4v) is 2.80. The molecule has 4 heteroatoms. The maximum Gasteiger partial charge on any atom is 0.106 e. The van der Waals surface area contributed by atoms with E-state index in [4.69, 9.17) is 0 Å². The largest absolute Gasteiger partial charge is 0.308 e. The summed E-state index contributed by atoms with van der Waals surface area (Å²) in [5, 5.41) is 3.61. The minimum atomic E-state index is 0.640. The smallest absolute Gasteiger partial charge is 0.106 e. The molecule has 1 aliphatic rings. The van der Waals surface area contributed by atoms with Crippen molar-refractivity contribution in [3.05, 3.63) is 28.5 Å². The summed E-state index contributed by atoms with van der Waals surface area (Å²) in [4.78, 5) is 7.00. The highest BCUT2D eigenvalue weighted by Gasteiger charge is 2.20. The van der Waals surface area contributed by atoms with Crippen molar-refractivity contribution >= 4 is 15.9 Å². The number of piperidine rings is 1. The van der Waals surface area contributed by atoms with Gasteiger partial charge >= 0.3 is 0 Å². The highest BCUT2D eigenvalue weighted by molar-refractivity contribution is 9.10. The molecule has 2 heterocycles. The van der Waals surface area contributed by atoms with E-state index in [9.17, 15) is 0 Å². The van der Waals surface area contributed by atoms with E-state index in [1.165, 1.54) is 25.9 Å². The molecule has 1 aromatic rings. The van der Waals surface area contributed by atoms with Crippen molar-refractivity contribution in [2.45, 2.75) is 45.3 Å². The molecule has 1 N–H and O–H groups in total. The summed E-state index contributed by atoms with van der Waals surface area (Å²) >= 11 is 3.41. The standard InChI is InChI=1S/C14H22BrN3/c1-11(2)18-8-6-12(7-9-18)16-10-13-4-3-5-14(15)17-13/h3-5,11-12,16H,6-10H2,1-2H3. The Kier molecular flexibility index (Phi) is 5.15. The molecule has 0 radical (unpaired) electrons. The van der Waals surface area contributed by atoms with Gasteiger partial charge in [0.25, 0.3) is 0 Å². The van der Waals surface area contributed by atoms with Crippen LogP contribution in [0.3, 0.4) is 0 Å². The number of halogens is 1. The van der Waals surface area contributed by atoms with Gasteiger partial charge < -0.3 is 10.2 Å². The van der Waals surface area contributed by atoms with Gasteiger partial charge in [0.05, 0.1) is 5.69 Å². The lowest BCUT2D eigenvalue weighted by Crippen LogP contribution is -2.44. The SMILES string of the molecule is CC(C)N1CCC(NCc2cccc(Br)n2)CC1. The van der Waals surface area contributed by atoms with Gasteiger partial charge in [-0.2, -0.15) is 0 Å². The third-order valence-corrected chi connectivity index (χ3v) is 4.05. The molecule has 100 valence electrons. The second-order valence-electron chi connectivity index (χ2n) is 5.24. The molecule has 0 unspecified atom stereocenters. The molecule has 2 rings (SSSR count). The van der Waals surface area contributed by atoms with E-state index in [0.29, 0.717) is 12.1 Å². The van der Waals surface area contributed by atoms with Crippen LogP contribution in [0.4, 0.5) is 0 Å². The van der Waals surface area contributed by atoms with Gasteiger partial charge in [0.1, 0.15) is 4.60 Å². The van der Waals surface area contributed by atoms with Crippen molar-refractivity contribution < 1.29 is 0 Å². The second kappa shape index (κ2) is 6.64. The molecule has 0 saturated carbocycles. The first-order valence-electron chi connectivity index (χ1n) is 6.74. The van der Waals surface area contributed by atoms with E-state index in [1.807, 2.05) is 12.1 Å². The fraction of sp³-hybridized carbons (Fsp3) is 0.643. The van der Waals surface area contributed by atoms with Gasteiger partial charge in [0.15, 0.2) is 0 Å². The maximum absolute atomic E-state index is 4.44. The molecule has 1 fully saturated rings. The maximum atomic E-state index is 4.44. The number of likely N-dealkylation sites (tertiary alicyclic amines) is 1. The lowest BCUT2D eigenvalue weighted by atomic mass is 10.0. The molecule has 18 heavy (non-hydrogen) atoms. The highest BCUT2D eigenvalue weighted by Crippen LogP contribution is 2.13. The van der Waals surface area contributed by atoms with Crippen molar-refractivity contribution in [1.82, 2.24) is 15.2 Å². The van der Waals surface area contributed by atoms with Crippen molar-refractivity contribution in [3.8, 4) is 0 Å². The summed E-state index contributed by atoms with van der Waals surface area (Å²) in [6.45, 7) is 7.84. The van der Waals surface area contributed by atoms with Crippen LogP contribution < -0.4 is 5.32 Å². The molecule has 1 aliphatic heterocycles. The third kappa shape index (κ3) is 4.04. The number of hydrogen-bond donors (Lipinski definition) is 1. The monoisotopic (exact) mass is 311 g/mol. The molecule has 0 bridgehead atoms. The topological polar surface area (TPSA) is 28.2 Å². The minimum Gasteiger partial charge on any atom is -0.308 e. The van der Waals surface area contributed by atoms with E-state index < -0.39 is 0 Å². The van der Waals surface area contributed by atoms with Crippen LogP contribution in [0.25, 0.3) is 0 Å². The number of nitrogens with one attached hydrogen (secondary N) is 1. The van der Waals surface area contributed by atoms with Gasteiger partial charge in [0, 0.05) is 18.6 Å². The van der Waals surface area contributed by atoms with Crippen LogP contribution >= 0.6 is 15.9 Å². The normalized spacial score (nSPS) is 18.4. The first-order chi connectivity index (χ1) is 8.65. The summed E-state index contributed by atoms with van der Waals surface area (Å²) in [5.74, 6) is 0. The predicted octanol–water partition coefficient (Wildman–Crippen LogP) is 2.81. The Bertz CT molecular complexity index is 373. The molecule has 1 aromatic heterocycles. The first kappa shape index (κ1) is 14.0. The molecule has 0 atom stereocenters. The summed E-state index contributed by atoms with van der Waals surface area (Å²) in [5.41, 5.74) is 1.11. The van der Waals surface area contributed by atoms with Crippen LogP contribution in [0.1, 0.15) is 32.4 Å². The Labute approximate surface area is 118 Å². The van der Waals surface area contributed by atoms with Crippen LogP contribution in [0.15, 0.2) is 22.8 Å². The van der Waals surface area contributed by atoms with Crippen LogP contribution in [0.5, 0.6) is 0 Å². The molecular formula is C14H22BrN3. The molecular weight excluding hydrogens is 290 g/mol. The van der Waals surface area contributed by atoms with E-state index in [1.54, 1.807) is 0 Å². The number of rotatable bonds is 4. The Hall–Kier alpha value is -0.450. The molecule has 1 saturated heterocycles. The number of hydrogen-bond acceptors (Lipinski definition) is 3. The van der Waals surface area contributed by atoms with E-state index in [-0.39, 0.29) is 0 Å². The summed E-state index contributed by atoms with van der Waals surface area (Å²) in [6, 6.07) is 7.39. The van der Waals surface area contributed by atoms with Crippen molar-refractivity contribution in [1.29, 1.82) is 0 Å². The van der Waals surface area contributed by atoms with E-state index in [2.05, 4.69) is 51.0 Å². The van der Waals surface area contributed by atoms with Crippen molar-refractivity contribution in [2.24, 2.45) is 0 Å². The fourth-order valence-electron chi connectivity index (χ4n) is 2.42. The second-order valence-corrected chi connectivity index (χ2v) is 6.05. The first-order valence-corrected chi connectivity index (χ1v) is 7.53. The lowest BCUT2D eigenvalue weighted by Gasteiger charge is -2.34. The van der Waals surface area contributed by atoms with Crippen LogP contribution in [-0.4, -0.2) is 35.1 Å². The number of pyridine rings is 1. The van der Waals surface area contributed by atoms with E-state index in [0.717, 1.165) is 16.8 Å². The van der Waals surface area contributed by atoms with Crippen LogP contribution in [-0.2, 0) is 6.54 Å². The van der Waals surface area contributed by atoms with Crippen LogP contribution in [0.2, 0.25) is 0 Å². The Morgan fingerprint density at radius 2 is 2.11 bits per heavy atom. The lowest BCUT2D eigenvalue weighted by molar-refractivity contribution is 0.160. The van der Waals surface area contributed by atoms with Gasteiger partial charge in [0.2, 0.25) is 0 Å². The number of nitrogens with zero attached hydrogens (tertiary/aromatic N) is 2. The predicted molar refractivity (Wildman–Crippen MR) is 78.5 cm³/mol. The summed E-state index contributed by atoms with van der Waals surface area (Å²) in [6.07, 6.45) is 2.48. The molecule has 0 amide bonds. The van der Waals surface area contributed by atoms with Gasteiger partial charge in [-0.3, -0.25) is 0 Å². The Morgan fingerprint density at radius 3 is 2.72 bits per heavy atom. The van der Waals surface area contributed by atoms with E-state index >= 15 is 0 Å². The average Bonchev–Trinajstić information content (AvgIpc) is 2.37. The molecule has 0 aliphatic carbocycles. The molecule has 3 nitrogen and oxygen atoms in total. The average molecular weight is 312 g/mol. The Morgan fingerprint density at radius 1 is 1.39 bits per heavy atom. The van der Waals surface area contributed by atoms with Gasteiger partial charge in [-0.25, -0.2) is 4.98 Å². The summed E-state index contributed by atoms with van der Waals surface area (Å²) in [7, 11) is 0. The zero-order valence-corrected chi connectivity index (χ0v) is 12.8.